The number of halogens is 2. The van der Waals surface area contributed by atoms with Gasteiger partial charge in [-0.1, -0.05) is 11.6 Å². The van der Waals surface area contributed by atoms with Crippen molar-refractivity contribution in [1.82, 2.24) is 4.90 Å². The van der Waals surface area contributed by atoms with Gasteiger partial charge in [0.05, 0.1) is 10.7 Å². The lowest BCUT2D eigenvalue weighted by atomic mass is 9.68. The van der Waals surface area contributed by atoms with Crippen molar-refractivity contribution >= 4 is 23.1 Å². The maximum absolute atomic E-state index is 13.6. The van der Waals surface area contributed by atoms with Crippen LogP contribution < -0.4 is 0 Å². The molecular formula is C17H18ClFN2. The summed E-state index contributed by atoms with van der Waals surface area (Å²) in [5.74, 6) is 3.26. The second kappa shape index (κ2) is 4.22. The van der Waals surface area contributed by atoms with Crippen LogP contribution in [0.5, 0.6) is 0 Å². The summed E-state index contributed by atoms with van der Waals surface area (Å²) in [6.07, 6.45) is 6.58. The highest BCUT2D eigenvalue weighted by Gasteiger charge is 2.46. The molecule has 0 N–H and O–H groups in total. The van der Waals surface area contributed by atoms with E-state index < -0.39 is 0 Å². The number of fused-ring (bicyclic) bond motifs is 1. The molecule has 0 aromatic heterocycles. The molecule has 110 valence electrons. The SMILES string of the molecule is Fc1cc(Cl)c2c(c1)N=C1C3CC4CC(C3)CC(C4)N1C2. The number of rotatable bonds is 0. The van der Waals surface area contributed by atoms with Gasteiger partial charge >= 0.3 is 0 Å². The Morgan fingerprint density at radius 3 is 2.62 bits per heavy atom. The van der Waals surface area contributed by atoms with Crippen LogP contribution in [-0.2, 0) is 6.54 Å². The average Bonchev–Trinajstić information content (AvgIpc) is 2.59. The maximum Gasteiger partial charge on any atom is 0.126 e. The van der Waals surface area contributed by atoms with Gasteiger partial charge in [0.1, 0.15) is 11.7 Å². The molecule has 2 saturated carbocycles. The molecule has 3 heterocycles. The first-order chi connectivity index (χ1) is 10.2. The van der Waals surface area contributed by atoms with Crippen LogP contribution in [-0.4, -0.2) is 16.8 Å². The van der Waals surface area contributed by atoms with Crippen molar-refractivity contribution in [3.05, 3.63) is 28.5 Å². The van der Waals surface area contributed by atoms with Gasteiger partial charge in [-0.25, -0.2) is 9.38 Å². The summed E-state index contributed by atoms with van der Waals surface area (Å²) in [5, 5.41) is 0.525. The van der Waals surface area contributed by atoms with Crippen molar-refractivity contribution in [3.8, 4) is 0 Å². The number of benzene rings is 1. The Balaban J connectivity index is 1.66. The van der Waals surface area contributed by atoms with E-state index in [4.69, 9.17) is 16.6 Å². The minimum atomic E-state index is -0.281. The number of aliphatic imine (C=N–C) groups is 1. The van der Waals surface area contributed by atoms with Gasteiger partial charge in [0.2, 0.25) is 0 Å². The minimum absolute atomic E-state index is 0.281. The van der Waals surface area contributed by atoms with Crippen molar-refractivity contribution < 1.29 is 4.39 Å². The normalized spacial score (nSPS) is 36.1. The van der Waals surface area contributed by atoms with Crippen LogP contribution in [0, 0.1) is 23.6 Å². The molecule has 4 fully saturated rings. The minimum Gasteiger partial charge on any atom is -0.352 e. The van der Waals surface area contributed by atoms with E-state index in [9.17, 15) is 4.39 Å². The number of hydrogen-bond donors (Lipinski definition) is 0. The third-order valence-corrected chi connectivity index (χ3v) is 6.25. The van der Waals surface area contributed by atoms with Crippen molar-refractivity contribution in [2.24, 2.45) is 22.7 Å². The summed E-state index contributed by atoms with van der Waals surface area (Å²) in [7, 11) is 0. The molecule has 1 aromatic rings. The number of amidine groups is 1. The van der Waals surface area contributed by atoms with Gasteiger partial charge in [0.25, 0.3) is 0 Å². The largest absolute Gasteiger partial charge is 0.352 e. The van der Waals surface area contributed by atoms with E-state index >= 15 is 0 Å². The highest BCUT2D eigenvalue weighted by atomic mass is 35.5. The van der Waals surface area contributed by atoms with Crippen LogP contribution in [0.2, 0.25) is 5.02 Å². The van der Waals surface area contributed by atoms with Gasteiger partial charge < -0.3 is 4.90 Å². The zero-order valence-corrected chi connectivity index (χ0v) is 12.6. The number of hydrogen-bond acceptors (Lipinski definition) is 2. The van der Waals surface area contributed by atoms with Gasteiger partial charge in [0, 0.05) is 30.1 Å². The van der Waals surface area contributed by atoms with E-state index in [1.807, 2.05) is 0 Å². The molecule has 2 atom stereocenters. The molecule has 4 bridgehead atoms. The Morgan fingerprint density at radius 2 is 1.86 bits per heavy atom. The molecule has 0 amide bonds. The van der Waals surface area contributed by atoms with Crippen molar-refractivity contribution in [3.63, 3.8) is 0 Å². The van der Waals surface area contributed by atoms with E-state index in [0.29, 0.717) is 17.0 Å². The molecule has 2 nitrogen and oxygen atoms in total. The lowest BCUT2D eigenvalue weighted by molar-refractivity contribution is 0.128. The summed E-state index contributed by atoms with van der Waals surface area (Å²) < 4.78 is 13.6. The Morgan fingerprint density at radius 1 is 1.10 bits per heavy atom. The third-order valence-electron chi connectivity index (χ3n) is 5.91. The average molecular weight is 305 g/mol. The van der Waals surface area contributed by atoms with Gasteiger partial charge in [-0.05, 0) is 50.0 Å². The molecule has 2 aliphatic carbocycles. The summed E-state index contributed by atoms with van der Waals surface area (Å²) in [5.41, 5.74) is 1.76. The molecule has 0 radical (unpaired) electrons. The van der Waals surface area contributed by atoms with Crippen LogP contribution >= 0.6 is 11.6 Å². The van der Waals surface area contributed by atoms with E-state index in [2.05, 4.69) is 4.90 Å². The predicted octanol–water partition coefficient (Wildman–Crippen LogP) is 4.53. The monoisotopic (exact) mass is 304 g/mol. The van der Waals surface area contributed by atoms with E-state index in [-0.39, 0.29) is 5.82 Å². The molecule has 5 aliphatic rings. The maximum atomic E-state index is 13.6. The molecule has 2 unspecified atom stereocenters. The number of nitrogens with zero attached hydrogens (tertiary/aromatic N) is 2. The van der Waals surface area contributed by atoms with Gasteiger partial charge in [0.15, 0.2) is 0 Å². The first-order valence-corrected chi connectivity index (χ1v) is 8.38. The van der Waals surface area contributed by atoms with Crippen molar-refractivity contribution in [2.45, 2.75) is 44.7 Å². The molecule has 4 heteroatoms. The summed E-state index contributed by atoms with van der Waals surface area (Å²) >= 11 is 6.26. The van der Waals surface area contributed by atoms with Crippen LogP contribution in [0.4, 0.5) is 10.1 Å². The lowest BCUT2D eigenvalue weighted by Gasteiger charge is -2.39. The fourth-order valence-corrected chi connectivity index (χ4v) is 5.47. The molecule has 2 saturated heterocycles. The van der Waals surface area contributed by atoms with E-state index in [1.54, 1.807) is 6.07 Å². The van der Waals surface area contributed by atoms with Crippen LogP contribution in [0.25, 0.3) is 0 Å². The first-order valence-electron chi connectivity index (χ1n) is 8.00. The predicted molar refractivity (Wildman–Crippen MR) is 81.4 cm³/mol. The Hall–Kier alpha value is -1.09. The molecule has 3 aliphatic heterocycles. The van der Waals surface area contributed by atoms with Crippen molar-refractivity contribution in [1.29, 1.82) is 0 Å². The second-order valence-electron chi connectivity index (χ2n) is 7.24. The summed E-state index contributed by atoms with van der Waals surface area (Å²) in [6.45, 7) is 0.813. The molecular weight excluding hydrogens is 287 g/mol. The standard InChI is InChI=1S/C17H18ClFN2/c18-15-6-12(19)7-16-14(15)8-21-13-4-9-1-10(5-13)3-11(2-9)17(21)20-16/h6-7,9-11,13H,1-5,8H2. The van der Waals surface area contributed by atoms with Gasteiger partial charge in [-0.15, -0.1) is 0 Å². The molecule has 1 aromatic carbocycles. The van der Waals surface area contributed by atoms with Gasteiger partial charge in [-0.3, -0.25) is 0 Å². The fourth-order valence-electron chi connectivity index (χ4n) is 5.21. The quantitative estimate of drug-likeness (QED) is 0.687. The highest BCUT2D eigenvalue weighted by Crippen LogP contribution is 2.50. The zero-order chi connectivity index (χ0) is 14.1. The fraction of sp³-hybridized carbons (Fsp3) is 0.588. The summed E-state index contributed by atoms with van der Waals surface area (Å²) in [4.78, 5) is 7.36. The van der Waals surface area contributed by atoms with Gasteiger partial charge in [-0.2, -0.15) is 0 Å². The van der Waals surface area contributed by atoms with Crippen LogP contribution in [0.1, 0.15) is 37.7 Å². The second-order valence-corrected chi connectivity index (χ2v) is 7.65. The van der Waals surface area contributed by atoms with E-state index in [0.717, 1.165) is 29.6 Å². The summed E-state index contributed by atoms with van der Waals surface area (Å²) in [6, 6.07) is 3.58. The molecule has 6 rings (SSSR count). The highest BCUT2D eigenvalue weighted by molar-refractivity contribution is 6.31. The van der Waals surface area contributed by atoms with Crippen LogP contribution in [0.15, 0.2) is 17.1 Å². The van der Waals surface area contributed by atoms with Crippen LogP contribution in [0.3, 0.4) is 0 Å². The zero-order valence-electron chi connectivity index (χ0n) is 11.9. The smallest absolute Gasteiger partial charge is 0.126 e. The van der Waals surface area contributed by atoms with E-state index in [1.165, 1.54) is 44.0 Å². The first kappa shape index (κ1) is 12.5. The Bertz CT molecular complexity index is 642. The molecule has 0 spiro atoms. The lowest BCUT2D eigenvalue weighted by Crippen LogP contribution is -2.42. The van der Waals surface area contributed by atoms with Crippen molar-refractivity contribution in [2.75, 3.05) is 0 Å². The Kier molecular flexibility index (Phi) is 2.50. The third kappa shape index (κ3) is 1.79. The molecule has 21 heavy (non-hydrogen) atoms. The topological polar surface area (TPSA) is 15.6 Å². The Labute approximate surface area is 129 Å².